The minimum absolute atomic E-state index is 0.0389. The zero-order chi connectivity index (χ0) is 14.4. The van der Waals surface area contributed by atoms with Gasteiger partial charge in [-0.2, -0.15) is 0 Å². The monoisotopic (exact) mass is 272 g/mol. The van der Waals surface area contributed by atoms with Crippen molar-refractivity contribution in [1.29, 1.82) is 0 Å². The first-order valence-electron chi connectivity index (χ1n) is 7.63. The summed E-state index contributed by atoms with van der Waals surface area (Å²) in [6, 6.07) is 8.21. The normalized spacial score (nSPS) is 12.5. The van der Waals surface area contributed by atoms with Crippen molar-refractivity contribution in [2.75, 3.05) is 0 Å². The first-order chi connectivity index (χ1) is 9.76. The van der Waals surface area contributed by atoms with Gasteiger partial charge >= 0.3 is 0 Å². The molecule has 2 rings (SSSR count). The molecule has 0 bridgehead atoms. The van der Waals surface area contributed by atoms with Crippen LogP contribution in [-0.2, 0) is 0 Å². The number of H-pyrrole nitrogens is 1. The molecule has 1 unspecified atom stereocenters. The average molecular weight is 272 g/mol. The van der Waals surface area contributed by atoms with Crippen LogP contribution in [0.5, 0.6) is 0 Å². The summed E-state index contributed by atoms with van der Waals surface area (Å²) in [6.45, 7) is 4.35. The van der Waals surface area contributed by atoms with Gasteiger partial charge in [0.2, 0.25) is 0 Å². The topological polar surface area (TPSA) is 44.9 Å². The molecule has 0 spiro atoms. The minimum atomic E-state index is 0.0389. The van der Waals surface area contributed by atoms with Crippen molar-refractivity contribution >= 4 is 16.8 Å². The van der Waals surface area contributed by atoms with Gasteiger partial charge in [0.05, 0.1) is 5.56 Å². The van der Waals surface area contributed by atoms with E-state index in [0.717, 1.165) is 35.7 Å². The molecule has 1 atom stereocenters. The molecular formula is C17H24N2O. The molecule has 2 aromatic rings. The predicted octanol–water partition coefficient (Wildman–Crippen LogP) is 4.26. The van der Waals surface area contributed by atoms with E-state index in [0.29, 0.717) is 6.04 Å². The molecule has 0 fully saturated rings. The maximum atomic E-state index is 12.4. The fourth-order valence-corrected chi connectivity index (χ4v) is 2.61. The Morgan fingerprint density at radius 1 is 1.20 bits per heavy atom. The van der Waals surface area contributed by atoms with Gasteiger partial charge < -0.3 is 10.3 Å². The Labute approximate surface area is 120 Å². The van der Waals surface area contributed by atoms with Crippen molar-refractivity contribution in [1.82, 2.24) is 10.3 Å². The molecule has 108 valence electrons. The van der Waals surface area contributed by atoms with E-state index >= 15 is 0 Å². The predicted molar refractivity (Wildman–Crippen MR) is 84.0 cm³/mol. The third-order valence-electron chi connectivity index (χ3n) is 3.71. The number of carbonyl (C=O) groups excluding carboxylic acids is 1. The van der Waals surface area contributed by atoms with Gasteiger partial charge in [0.15, 0.2) is 0 Å². The van der Waals surface area contributed by atoms with Crippen LogP contribution in [0, 0.1) is 0 Å². The Morgan fingerprint density at radius 2 is 2.00 bits per heavy atom. The van der Waals surface area contributed by atoms with Crippen LogP contribution in [0.1, 0.15) is 56.3 Å². The van der Waals surface area contributed by atoms with Gasteiger partial charge in [0.1, 0.15) is 0 Å². The second kappa shape index (κ2) is 7.13. The molecule has 0 saturated heterocycles. The number of aromatic amines is 1. The van der Waals surface area contributed by atoms with E-state index in [1.807, 2.05) is 30.5 Å². The van der Waals surface area contributed by atoms with Gasteiger partial charge in [0.25, 0.3) is 5.91 Å². The Balaban J connectivity index is 2.09. The summed E-state index contributed by atoms with van der Waals surface area (Å²) in [6.07, 6.45) is 7.36. The summed E-state index contributed by atoms with van der Waals surface area (Å²) < 4.78 is 0. The molecular weight excluding hydrogens is 248 g/mol. The van der Waals surface area contributed by atoms with E-state index in [4.69, 9.17) is 0 Å². The Morgan fingerprint density at radius 3 is 2.75 bits per heavy atom. The molecule has 0 radical (unpaired) electrons. The molecule has 1 amide bonds. The summed E-state index contributed by atoms with van der Waals surface area (Å²) in [7, 11) is 0. The van der Waals surface area contributed by atoms with E-state index in [9.17, 15) is 4.79 Å². The van der Waals surface area contributed by atoms with Gasteiger partial charge in [-0.1, -0.05) is 51.3 Å². The summed E-state index contributed by atoms with van der Waals surface area (Å²) in [5.74, 6) is 0.0389. The fraction of sp³-hybridized carbons (Fsp3) is 0.471. The second-order valence-electron chi connectivity index (χ2n) is 5.35. The van der Waals surface area contributed by atoms with Crippen molar-refractivity contribution in [3.63, 3.8) is 0 Å². The maximum Gasteiger partial charge on any atom is 0.253 e. The highest BCUT2D eigenvalue weighted by molar-refractivity contribution is 6.06. The molecule has 0 aliphatic rings. The summed E-state index contributed by atoms with van der Waals surface area (Å²) in [4.78, 5) is 15.6. The lowest BCUT2D eigenvalue weighted by Gasteiger charge is -2.17. The molecule has 0 saturated carbocycles. The van der Waals surface area contributed by atoms with E-state index in [2.05, 4.69) is 24.1 Å². The number of carbonyl (C=O) groups is 1. The summed E-state index contributed by atoms with van der Waals surface area (Å²) >= 11 is 0. The van der Waals surface area contributed by atoms with E-state index in [1.54, 1.807) is 0 Å². The second-order valence-corrected chi connectivity index (χ2v) is 5.35. The number of aromatic nitrogens is 1. The van der Waals surface area contributed by atoms with Gasteiger partial charge in [-0.05, 0) is 18.9 Å². The number of benzene rings is 1. The fourth-order valence-electron chi connectivity index (χ4n) is 2.61. The zero-order valence-electron chi connectivity index (χ0n) is 12.4. The number of hydrogen-bond acceptors (Lipinski definition) is 1. The van der Waals surface area contributed by atoms with E-state index in [1.165, 1.54) is 12.8 Å². The van der Waals surface area contributed by atoms with Crippen molar-refractivity contribution in [3.05, 3.63) is 36.0 Å². The first kappa shape index (κ1) is 14.6. The van der Waals surface area contributed by atoms with Gasteiger partial charge in [-0.15, -0.1) is 0 Å². The number of fused-ring (bicyclic) bond motifs is 1. The van der Waals surface area contributed by atoms with Crippen LogP contribution >= 0.6 is 0 Å². The van der Waals surface area contributed by atoms with Crippen LogP contribution in [0.15, 0.2) is 30.5 Å². The lowest BCUT2D eigenvalue weighted by molar-refractivity contribution is 0.0934. The molecule has 0 aliphatic heterocycles. The van der Waals surface area contributed by atoms with Crippen molar-refractivity contribution in [2.45, 2.75) is 52.0 Å². The van der Waals surface area contributed by atoms with Crippen molar-refractivity contribution in [3.8, 4) is 0 Å². The minimum Gasteiger partial charge on any atom is -0.360 e. The summed E-state index contributed by atoms with van der Waals surface area (Å²) in [5, 5.41) is 4.18. The molecule has 20 heavy (non-hydrogen) atoms. The van der Waals surface area contributed by atoms with E-state index in [-0.39, 0.29) is 5.91 Å². The van der Waals surface area contributed by atoms with Crippen LogP contribution in [0.4, 0.5) is 0 Å². The number of nitrogens with one attached hydrogen (secondary N) is 2. The van der Waals surface area contributed by atoms with Crippen molar-refractivity contribution < 1.29 is 4.79 Å². The van der Waals surface area contributed by atoms with Gasteiger partial charge in [-0.3, -0.25) is 4.79 Å². The van der Waals surface area contributed by atoms with Crippen molar-refractivity contribution in [2.24, 2.45) is 0 Å². The number of para-hydroxylation sites is 1. The molecule has 3 heteroatoms. The molecule has 0 aliphatic carbocycles. The summed E-state index contributed by atoms with van der Waals surface area (Å²) in [5.41, 5.74) is 1.76. The van der Waals surface area contributed by atoms with E-state index < -0.39 is 0 Å². The molecule has 1 heterocycles. The maximum absolute atomic E-state index is 12.4. The third kappa shape index (κ3) is 3.41. The molecule has 3 nitrogen and oxygen atoms in total. The van der Waals surface area contributed by atoms with Crippen LogP contribution in [-0.4, -0.2) is 16.9 Å². The van der Waals surface area contributed by atoms with Crippen LogP contribution in [0.25, 0.3) is 10.9 Å². The molecule has 1 aromatic heterocycles. The molecule has 2 N–H and O–H groups in total. The Kier molecular flexibility index (Phi) is 5.22. The zero-order valence-corrected chi connectivity index (χ0v) is 12.4. The Hall–Kier alpha value is -1.77. The lowest BCUT2D eigenvalue weighted by atomic mass is 10.0. The largest absolute Gasteiger partial charge is 0.360 e. The lowest BCUT2D eigenvalue weighted by Crippen LogP contribution is -2.34. The first-order valence-corrected chi connectivity index (χ1v) is 7.63. The number of hydrogen-bond donors (Lipinski definition) is 2. The van der Waals surface area contributed by atoms with Gasteiger partial charge in [-0.25, -0.2) is 0 Å². The number of amides is 1. The SMILES string of the molecule is CCCCC(CCC)NC(=O)c1c[nH]c2ccccc12. The molecule has 1 aromatic carbocycles. The highest BCUT2D eigenvalue weighted by Gasteiger charge is 2.15. The van der Waals surface area contributed by atoms with Gasteiger partial charge in [0, 0.05) is 23.1 Å². The standard InChI is InChI=1S/C17H24N2O/c1-3-5-9-13(8-4-2)19-17(20)15-12-18-16-11-7-6-10-14(15)16/h6-7,10-13,18H,3-5,8-9H2,1-2H3,(H,19,20). The third-order valence-corrected chi connectivity index (χ3v) is 3.71. The quantitative estimate of drug-likeness (QED) is 0.777. The smallest absolute Gasteiger partial charge is 0.253 e. The van der Waals surface area contributed by atoms with Crippen LogP contribution in [0.3, 0.4) is 0 Å². The van der Waals surface area contributed by atoms with Crippen LogP contribution < -0.4 is 5.32 Å². The number of unbranched alkanes of at least 4 members (excludes halogenated alkanes) is 1. The number of rotatable bonds is 7. The average Bonchev–Trinajstić information content (AvgIpc) is 2.89. The highest BCUT2D eigenvalue weighted by atomic mass is 16.1. The Bertz CT molecular complexity index is 559. The highest BCUT2D eigenvalue weighted by Crippen LogP contribution is 2.18. The van der Waals surface area contributed by atoms with Crippen LogP contribution in [0.2, 0.25) is 0 Å².